The molecule has 0 spiro atoms. The zero-order valence-corrected chi connectivity index (χ0v) is 11.8. The summed E-state index contributed by atoms with van der Waals surface area (Å²) < 4.78 is 0. The molecule has 0 radical (unpaired) electrons. The lowest BCUT2D eigenvalue weighted by Crippen LogP contribution is -2.34. The largest absolute Gasteiger partial charge is 0.352 e. The zero-order chi connectivity index (χ0) is 14.6. The first-order valence-corrected chi connectivity index (χ1v) is 6.35. The van der Waals surface area contributed by atoms with Crippen molar-refractivity contribution in [2.75, 3.05) is 0 Å². The Hall–Kier alpha value is -2.37. The van der Waals surface area contributed by atoms with Crippen LogP contribution in [0.15, 0.2) is 30.6 Å². The fourth-order valence-corrected chi connectivity index (χ4v) is 1.54. The molecule has 1 aromatic heterocycles. The van der Waals surface area contributed by atoms with Crippen molar-refractivity contribution in [3.8, 4) is 11.4 Å². The van der Waals surface area contributed by atoms with Crippen LogP contribution in [-0.2, 0) is 11.3 Å². The molecule has 6 nitrogen and oxygen atoms in total. The first-order valence-electron chi connectivity index (χ1n) is 6.35. The van der Waals surface area contributed by atoms with Gasteiger partial charge in [-0.25, -0.2) is 0 Å². The predicted octanol–water partition coefficient (Wildman–Crippen LogP) is 1.60. The van der Waals surface area contributed by atoms with Crippen molar-refractivity contribution < 1.29 is 4.79 Å². The van der Waals surface area contributed by atoms with Crippen molar-refractivity contribution in [2.45, 2.75) is 27.3 Å². The van der Waals surface area contributed by atoms with Crippen LogP contribution in [0.4, 0.5) is 0 Å². The lowest BCUT2D eigenvalue weighted by Gasteiger charge is -2.17. The van der Waals surface area contributed by atoms with Crippen LogP contribution in [0.1, 0.15) is 26.3 Å². The number of amides is 1. The normalized spacial score (nSPS) is 11.2. The molecule has 0 aliphatic heterocycles. The van der Waals surface area contributed by atoms with Gasteiger partial charge in [0, 0.05) is 17.5 Å². The van der Waals surface area contributed by atoms with Crippen molar-refractivity contribution in [1.82, 2.24) is 25.7 Å². The van der Waals surface area contributed by atoms with E-state index in [1.54, 1.807) is 0 Å². The van der Waals surface area contributed by atoms with Gasteiger partial charge in [-0.1, -0.05) is 45.0 Å². The Labute approximate surface area is 117 Å². The fourth-order valence-electron chi connectivity index (χ4n) is 1.54. The third kappa shape index (κ3) is 3.57. The molecule has 1 N–H and O–H groups in total. The Morgan fingerprint density at radius 3 is 2.25 bits per heavy atom. The van der Waals surface area contributed by atoms with Gasteiger partial charge in [-0.05, 0) is 5.56 Å². The van der Waals surface area contributed by atoms with Crippen molar-refractivity contribution in [3.05, 3.63) is 36.2 Å². The minimum absolute atomic E-state index is 0.0290. The van der Waals surface area contributed by atoms with E-state index in [-0.39, 0.29) is 11.3 Å². The standard InChI is InChI=1S/C14H17N5O/c1-14(2,3)13(20)15-8-10-4-6-11(7-5-10)12-18-16-9-17-19-12/h4-7,9H,8H2,1-3H3,(H,15,20). The molecule has 20 heavy (non-hydrogen) atoms. The van der Waals surface area contributed by atoms with Gasteiger partial charge in [0.1, 0.15) is 0 Å². The Balaban J connectivity index is 2.01. The number of hydrogen-bond donors (Lipinski definition) is 1. The van der Waals surface area contributed by atoms with Crippen LogP contribution in [0.5, 0.6) is 0 Å². The van der Waals surface area contributed by atoms with E-state index < -0.39 is 0 Å². The van der Waals surface area contributed by atoms with Gasteiger partial charge in [0.05, 0.1) is 0 Å². The van der Waals surface area contributed by atoms with E-state index in [2.05, 4.69) is 25.7 Å². The second kappa shape index (κ2) is 5.73. The average molecular weight is 271 g/mol. The van der Waals surface area contributed by atoms with E-state index in [1.165, 1.54) is 6.33 Å². The maximum atomic E-state index is 11.8. The lowest BCUT2D eigenvalue weighted by molar-refractivity contribution is -0.128. The first kappa shape index (κ1) is 14.0. The number of rotatable bonds is 3. The van der Waals surface area contributed by atoms with Gasteiger partial charge >= 0.3 is 0 Å². The summed E-state index contributed by atoms with van der Waals surface area (Å²) in [7, 11) is 0. The number of carbonyl (C=O) groups excluding carboxylic acids is 1. The number of aromatic nitrogens is 4. The molecule has 6 heteroatoms. The molecule has 0 bridgehead atoms. The summed E-state index contributed by atoms with van der Waals surface area (Å²) in [6.07, 6.45) is 1.29. The smallest absolute Gasteiger partial charge is 0.225 e. The molecule has 2 rings (SSSR count). The molecule has 2 aromatic rings. The second-order valence-electron chi connectivity index (χ2n) is 5.50. The van der Waals surface area contributed by atoms with Crippen LogP contribution in [0.25, 0.3) is 11.4 Å². The molecule has 0 saturated heterocycles. The highest BCUT2D eigenvalue weighted by Gasteiger charge is 2.20. The molecule has 1 amide bonds. The van der Waals surface area contributed by atoms with Crippen molar-refractivity contribution in [1.29, 1.82) is 0 Å². The molecule has 0 saturated carbocycles. The molecule has 0 aliphatic rings. The number of nitrogens with one attached hydrogen (secondary N) is 1. The maximum Gasteiger partial charge on any atom is 0.225 e. The molecule has 0 unspecified atom stereocenters. The number of benzene rings is 1. The first-order chi connectivity index (χ1) is 9.47. The molecule has 0 fully saturated rings. The van der Waals surface area contributed by atoms with Gasteiger partial charge in [-0.2, -0.15) is 0 Å². The van der Waals surface area contributed by atoms with E-state index in [0.717, 1.165) is 11.1 Å². The van der Waals surface area contributed by atoms with E-state index in [0.29, 0.717) is 12.4 Å². The van der Waals surface area contributed by atoms with Crippen LogP contribution in [0, 0.1) is 5.41 Å². The minimum Gasteiger partial charge on any atom is -0.352 e. The SMILES string of the molecule is CC(C)(C)C(=O)NCc1ccc(-c2nncnn2)cc1. The van der Waals surface area contributed by atoms with Gasteiger partial charge in [0.25, 0.3) is 0 Å². The van der Waals surface area contributed by atoms with Gasteiger partial charge in [0.15, 0.2) is 6.33 Å². The summed E-state index contributed by atoms with van der Waals surface area (Å²) in [5.41, 5.74) is 1.48. The summed E-state index contributed by atoms with van der Waals surface area (Å²) >= 11 is 0. The Morgan fingerprint density at radius 1 is 1.10 bits per heavy atom. The molecule has 104 valence electrons. The molecular formula is C14H17N5O. The topological polar surface area (TPSA) is 80.7 Å². The highest BCUT2D eigenvalue weighted by molar-refractivity contribution is 5.81. The number of nitrogens with zero attached hydrogens (tertiary/aromatic N) is 4. The monoisotopic (exact) mass is 271 g/mol. The summed E-state index contributed by atoms with van der Waals surface area (Å²) in [5.74, 6) is 0.513. The Morgan fingerprint density at radius 2 is 1.70 bits per heavy atom. The quantitative estimate of drug-likeness (QED) is 0.917. The summed E-state index contributed by atoms with van der Waals surface area (Å²) in [6.45, 7) is 6.16. The van der Waals surface area contributed by atoms with Crippen LogP contribution in [0.3, 0.4) is 0 Å². The Bertz CT molecular complexity index is 575. The van der Waals surface area contributed by atoms with Crippen LogP contribution >= 0.6 is 0 Å². The van der Waals surface area contributed by atoms with Gasteiger partial charge in [0.2, 0.25) is 11.7 Å². The summed E-state index contributed by atoms with van der Waals surface area (Å²) in [5, 5.41) is 18.1. The third-order valence-electron chi connectivity index (χ3n) is 2.75. The number of carbonyl (C=O) groups is 1. The average Bonchev–Trinajstić information content (AvgIpc) is 2.45. The van der Waals surface area contributed by atoms with E-state index >= 15 is 0 Å². The van der Waals surface area contributed by atoms with Crippen molar-refractivity contribution in [2.24, 2.45) is 5.41 Å². The highest BCUT2D eigenvalue weighted by Crippen LogP contribution is 2.15. The molecule has 1 heterocycles. The Kier molecular flexibility index (Phi) is 4.02. The molecule has 1 aromatic carbocycles. The number of hydrogen-bond acceptors (Lipinski definition) is 5. The third-order valence-corrected chi connectivity index (χ3v) is 2.75. The van der Waals surface area contributed by atoms with E-state index in [4.69, 9.17) is 0 Å². The minimum atomic E-state index is -0.380. The second-order valence-corrected chi connectivity index (χ2v) is 5.50. The van der Waals surface area contributed by atoms with Gasteiger partial charge in [-0.3, -0.25) is 4.79 Å². The van der Waals surface area contributed by atoms with Gasteiger partial charge in [-0.15, -0.1) is 20.4 Å². The summed E-state index contributed by atoms with van der Waals surface area (Å²) in [4.78, 5) is 11.8. The predicted molar refractivity (Wildman–Crippen MR) is 74.4 cm³/mol. The maximum absolute atomic E-state index is 11.8. The van der Waals surface area contributed by atoms with Crippen molar-refractivity contribution >= 4 is 5.91 Å². The molecular weight excluding hydrogens is 254 g/mol. The van der Waals surface area contributed by atoms with Crippen molar-refractivity contribution in [3.63, 3.8) is 0 Å². The van der Waals surface area contributed by atoms with E-state index in [1.807, 2.05) is 45.0 Å². The zero-order valence-electron chi connectivity index (χ0n) is 11.8. The van der Waals surface area contributed by atoms with Gasteiger partial charge < -0.3 is 5.32 Å². The fraction of sp³-hybridized carbons (Fsp3) is 0.357. The van der Waals surface area contributed by atoms with Crippen LogP contribution < -0.4 is 5.32 Å². The van der Waals surface area contributed by atoms with E-state index in [9.17, 15) is 4.79 Å². The lowest BCUT2D eigenvalue weighted by atomic mass is 9.95. The highest BCUT2D eigenvalue weighted by atomic mass is 16.2. The van der Waals surface area contributed by atoms with Crippen LogP contribution in [0.2, 0.25) is 0 Å². The van der Waals surface area contributed by atoms with Crippen LogP contribution in [-0.4, -0.2) is 26.3 Å². The molecule has 0 aliphatic carbocycles. The summed E-state index contributed by atoms with van der Waals surface area (Å²) in [6, 6.07) is 7.62. The molecule has 0 atom stereocenters.